The number of nitrogens with zero attached hydrogens (tertiary/aromatic N) is 1. The Morgan fingerprint density at radius 1 is 1.44 bits per heavy atom. The van der Waals surface area contributed by atoms with Gasteiger partial charge in [-0.25, -0.2) is 8.78 Å². The van der Waals surface area contributed by atoms with Crippen LogP contribution in [0.5, 0.6) is 0 Å². The number of nitrogens with one attached hydrogen (secondary N) is 1. The molecule has 2 rings (SSSR count). The summed E-state index contributed by atoms with van der Waals surface area (Å²) >= 11 is 5.45. The van der Waals surface area contributed by atoms with E-state index < -0.39 is 17.5 Å². The third-order valence-electron chi connectivity index (χ3n) is 3.14. The molecule has 1 fully saturated rings. The molecule has 1 aromatic rings. The molecule has 1 amide bonds. The quantitative estimate of drug-likeness (QED) is 0.837. The van der Waals surface area contributed by atoms with Crippen LogP contribution in [0, 0.1) is 11.6 Å². The molecule has 0 saturated carbocycles. The monoisotopic (exact) mass is 274 g/mol. The fourth-order valence-electron chi connectivity index (χ4n) is 2.01. The van der Waals surface area contributed by atoms with Crippen molar-refractivity contribution in [1.82, 2.24) is 10.2 Å². The van der Waals surface area contributed by atoms with Gasteiger partial charge in [-0.1, -0.05) is 11.6 Å². The summed E-state index contributed by atoms with van der Waals surface area (Å²) < 4.78 is 26.9. The maximum absolute atomic E-state index is 13.6. The highest BCUT2D eigenvalue weighted by atomic mass is 35.5. The van der Waals surface area contributed by atoms with Gasteiger partial charge in [-0.05, 0) is 25.1 Å². The van der Waals surface area contributed by atoms with Crippen molar-refractivity contribution in [2.24, 2.45) is 0 Å². The lowest BCUT2D eigenvalue weighted by Crippen LogP contribution is -2.38. The highest BCUT2D eigenvalue weighted by Gasteiger charge is 2.26. The summed E-state index contributed by atoms with van der Waals surface area (Å²) in [6.45, 7) is 1.49. The van der Waals surface area contributed by atoms with Gasteiger partial charge in [0.2, 0.25) is 0 Å². The normalized spacial score (nSPS) is 19.0. The molecule has 0 aliphatic carbocycles. The molecule has 0 bridgehead atoms. The van der Waals surface area contributed by atoms with Crippen LogP contribution < -0.4 is 5.32 Å². The van der Waals surface area contributed by atoms with Crippen LogP contribution in [0.15, 0.2) is 12.1 Å². The van der Waals surface area contributed by atoms with Gasteiger partial charge in [0.25, 0.3) is 5.91 Å². The van der Waals surface area contributed by atoms with Gasteiger partial charge >= 0.3 is 0 Å². The lowest BCUT2D eigenvalue weighted by Gasteiger charge is -2.24. The zero-order valence-corrected chi connectivity index (χ0v) is 10.6. The number of amides is 1. The molecule has 1 aliphatic rings. The Morgan fingerprint density at radius 3 is 2.78 bits per heavy atom. The largest absolute Gasteiger partial charge is 0.337 e. The molecule has 0 radical (unpaired) electrons. The maximum atomic E-state index is 13.6. The van der Waals surface area contributed by atoms with Crippen LogP contribution in [0.2, 0.25) is 5.02 Å². The number of carbonyl (C=O) groups excluding carboxylic acids is 1. The Balaban J connectivity index is 2.25. The van der Waals surface area contributed by atoms with Crippen molar-refractivity contribution >= 4 is 17.5 Å². The standard InChI is InChI=1S/C12H13ClF2N2O/c1-17(7-2-3-16-6-7)12(18)8-4-11(15)9(13)5-10(8)14/h4-5,7,16H,2-3,6H2,1H3. The smallest absolute Gasteiger partial charge is 0.256 e. The van der Waals surface area contributed by atoms with Gasteiger partial charge in [-0.3, -0.25) is 4.79 Å². The molecular weight excluding hydrogens is 262 g/mol. The molecule has 0 aromatic heterocycles. The van der Waals surface area contributed by atoms with E-state index in [9.17, 15) is 13.6 Å². The van der Waals surface area contributed by atoms with E-state index in [2.05, 4.69) is 5.32 Å². The average Bonchev–Trinajstić information content (AvgIpc) is 2.85. The van der Waals surface area contributed by atoms with Crippen molar-refractivity contribution in [2.75, 3.05) is 20.1 Å². The number of benzene rings is 1. The zero-order valence-electron chi connectivity index (χ0n) is 9.84. The zero-order chi connectivity index (χ0) is 13.3. The summed E-state index contributed by atoms with van der Waals surface area (Å²) in [4.78, 5) is 13.5. The first-order valence-corrected chi connectivity index (χ1v) is 6.01. The molecular formula is C12H13ClF2N2O. The number of halogens is 3. The van der Waals surface area contributed by atoms with E-state index in [1.54, 1.807) is 7.05 Å². The van der Waals surface area contributed by atoms with Crippen molar-refractivity contribution < 1.29 is 13.6 Å². The van der Waals surface area contributed by atoms with Crippen LogP contribution in [0.4, 0.5) is 8.78 Å². The van der Waals surface area contributed by atoms with E-state index in [1.807, 2.05) is 0 Å². The second-order valence-electron chi connectivity index (χ2n) is 4.31. The van der Waals surface area contributed by atoms with Crippen LogP contribution in [0.3, 0.4) is 0 Å². The van der Waals surface area contributed by atoms with Crippen molar-refractivity contribution in [3.63, 3.8) is 0 Å². The second-order valence-corrected chi connectivity index (χ2v) is 4.72. The van der Waals surface area contributed by atoms with Gasteiger partial charge in [0.05, 0.1) is 10.6 Å². The van der Waals surface area contributed by atoms with Crippen LogP contribution in [-0.4, -0.2) is 37.0 Å². The summed E-state index contributed by atoms with van der Waals surface area (Å²) in [6, 6.07) is 1.68. The van der Waals surface area contributed by atoms with Crippen LogP contribution in [0.25, 0.3) is 0 Å². The van der Waals surface area contributed by atoms with Crippen LogP contribution in [-0.2, 0) is 0 Å². The SMILES string of the molecule is CN(C(=O)c1cc(F)c(Cl)cc1F)C1CCNC1. The molecule has 1 aliphatic heterocycles. The van der Waals surface area contributed by atoms with E-state index >= 15 is 0 Å². The predicted octanol–water partition coefficient (Wildman–Crippen LogP) is 2.05. The van der Waals surface area contributed by atoms with Gasteiger partial charge in [-0.15, -0.1) is 0 Å². The fourth-order valence-corrected chi connectivity index (χ4v) is 2.16. The second kappa shape index (κ2) is 5.20. The van der Waals surface area contributed by atoms with Gasteiger partial charge < -0.3 is 10.2 Å². The summed E-state index contributed by atoms with van der Waals surface area (Å²) in [5, 5.41) is 2.79. The third kappa shape index (κ3) is 2.47. The lowest BCUT2D eigenvalue weighted by atomic mass is 10.1. The number of hydrogen-bond acceptors (Lipinski definition) is 2. The Bertz CT molecular complexity index is 475. The Labute approximate surface area is 109 Å². The maximum Gasteiger partial charge on any atom is 0.256 e. The van der Waals surface area contributed by atoms with Gasteiger partial charge in [0, 0.05) is 19.6 Å². The first kappa shape index (κ1) is 13.2. The molecule has 1 N–H and O–H groups in total. The molecule has 0 spiro atoms. The average molecular weight is 275 g/mol. The van der Waals surface area contributed by atoms with Crippen LogP contribution in [0.1, 0.15) is 16.8 Å². The summed E-state index contributed by atoms with van der Waals surface area (Å²) in [7, 11) is 1.59. The Morgan fingerprint density at radius 2 is 2.17 bits per heavy atom. The first-order chi connectivity index (χ1) is 8.50. The molecule has 98 valence electrons. The highest BCUT2D eigenvalue weighted by Crippen LogP contribution is 2.21. The molecule has 1 saturated heterocycles. The fraction of sp³-hybridized carbons (Fsp3) is 0.417. The van der Waals surface area contributed by atoms with Crippen LogP contribution >= 0.6 is 11.6 Å². The van der Waals surface area contributed by atoms with Gasteiger partial charge in [0.1, 0.15) is 11.6 Å². The third-order valence-corrected chi connectivity index (χ3v) is 3.43. The molecule has 1 atom stereocenters. The minimum absolute atomic E-state index is 0.00985. The van der Waals surface area contributed by atoms with Gasteiger partial charge in [-0.2, -0.15) is 0 Å². The van der Waals surface area contributed by atoms with E-state index in [0.29, 0.717) is 6.54 Å². The molecule has 6 heteroatoms. The summed E-state index contributed by atoms with van der Waals surface area (Å²) in [5.74, 6) is -2.12. The van der Waals surface area contributed by atoms with Crippen molar-refractivity contribution in [3.8, 4) is 0 Å². The van der Waals surface area contributed by atoms with E-state index in [-0.39, 0.29) is 16.6 Å². The Kier molecular flexibility index (Phi) is 3.82. The Hall–Kier alpha value is -1.20. The van der Waals surface area contributed by atoms with Crippen molar-refractivity contribution in [3.05, 3.63) is 34.4 Å². The molecule has 1 unspecified atom stereocenters. The minimum Gasteiger partial charge on any atom is -0.337 e. The molecule has 18 heavy (non-hydrogen) atoms. The van der Waals surface area contributed by atoms with E-state index in [0.717, 1.165) is 25.1 Å². The molecule has 1 heterocycles. The topological polar surface area (TPSA) is 32.3 Å². The lowest BCUT2D eigenvalue weighted by molar-refractivity contribution is 0.0738. The first-order valence-electron chi connectivity index (χ1n) is 5.63. The van der Waals surface area contributed by atoms with Crippen molar-refractivity contribution in [1.29, 1.82) is 0 Å². The molecule has 1 aromatic carbocycles. The van der Waals surface area contributed by atoms with E-state index in [1.165, 1.54) is 4.90 Å². The van der Waals surface area contributed by atoms with Crippen molar-refractivity contribution in [2.45, 2.75) is 12.5 Å². The summed E-state index contributed by atoms with van der Waals surface area (Å²) in [6.07, 6.45) is 0.805. The number of hydrogen-bond donors (Lipinski definition) is 1. The number of rotatable bonds is 2. The highest BCUT2D eigenvalue weighted by molar-refractivity contribution is 6.30. The van der Waals surface area contributed by atoms with E-state index in [4.69, 9.17) is 11.6 Å². The summed E-state index contributed by atoms with van der Waals surface area (Å²) in [5.41, 5.74) is -0.286. The van der Waals surface area contributed by atoms with Gasteiger partial charge in [0.15, 0.2) is 0 Å². The number of carbonyl (C=O) groups is 1. The predicted molar refractivity (Wildman–Crippen MR) is 64.7 cm³/mol. The number of likely N-dealkylation sites (N-methyl/N-ethyl adjacent to an activating group) is 1. The minimum atomic E-state index is -0.802. The molecule has 3 nitrogen and oxygen atoms in total.